The van der Waals surface area contributed by atoms with Crippen molar-refractivity contribution in [3.8, 4) is 0 Å². The lowest BCUT2D eigenvalue weighted by atomic mass is 10.1. The molecule has 15 heavy (non-hydrogen) atoms. The Morgan fingerprint density at radius 3 is 2.73 bits per heavy atom. The maximum Gasteiger partial charge on any atom is 0.415 e. The minimum atomic E-state index is -0.696. The molecule has 0 bridgehead atoms. The average Bonchev–Trinajstić information content (AvgIpc) is 2.52. The molecule has 1 fully saturated rings. The topological polar surface area (TPSA) is 81.7 Å². The molecule has 1 unspecified atom stereocenters. The summed E-state index contributed by atoms with van der Waals surface area (Å²) < 4.78 is 8.75. The number of hydrogen-bond acceptors (Lipinski definition) is 5. The quantitative estimate of drug-likeness (QED) is 0.406. The van der Waals surface area contributed by atoms with Crippen LogP contribution in [0, 0.1) is 0 Å². The zero-order chi connectivity index (χ0) is 11.3. The third-order valence-electron chi connectivity index (χ3n) is 2.12. The van der Waals surface area contributed by atoms with Crippen LogP contribution >= 0.6 is 0 Å². The van der Waals surface area contributed by atoms with Crippen LogP contribution in [-0.4, -0.2) is 31.2 Å². The first-order valence-electron chi connectivity index (χ1n) is 4.72. The lowest BCUT2D eigenvalue weighted by Crippen LogP contribution is -2.28. The molecule has 0 aliphatic carbocycles. The minimum Gasteiger partial charge on any atom is -0.469 e. The molecule has 0 aromatic heterocycles. The van der Waals surface area contributed by atoms with Gasteiger partial charge in [-0.2, -0.15) is 0 Å². The van der Waals surface area contributed by atoms with Gasteiger partial charge in [-0.1, -0.05) is 6.42 Å². The number of cyclic esters (lactones) is 2. The lowest BCUT2D eigenvalue weighted by molar-refractivity contribution is -0.140. The van der Waals surface area contributed by atoms with E-state index in [9.17, 15) is 14.4 Å². The Balaban J connectivity index is 2.13. The Bertz CT molecular complexity index is 276. The molecule has 1 heterocycles. The Kier molecular flexibility index (Phi) is 4.08. The number of carbonyl (C=O) groups excluding carboxylic acids is 3. The molecule has 0 aromatic rings. The highest BCUT2D eigenvalue weighted by atomic mass is 16.6. The molecule has 1 aliphatic rings. The van der Waals surface area contributed by atoms with Crippen molar-refractivity contribution in [2.24, 2.45) is 0 Å². The van der Waals surface area contributed by atoms with Crippen molar-refractivity contribution in [2.45, 2.75) is 31.7 Å². The number of rotatable bonds is 5. The number of esters is 2. The van der Waals surface area contributed by atoms with Gasteiger partial charge in [0.05, 0.1) is 7.11 Å². The van der Waals surface area contributed by atoms with Crippen molar-refractivity contribution < 1.29 is 23.9 Å². The van der Waals surface area contributed by atoms with Gasteiger partial charge in [-0.05, 0) is 12.8 Å². The fourth-order valence-electron chi connectivity index (χ4n) is 1.30. The van der Waals surface area contributed by atoms with Crippen molar-refractivity contribution in [3.05, 3.63) is 0 Å². The van der Waals surface area contributed by atoms with Gasteiger partial charge in [-0.25, -0.2) is 9.59 Å². The molecule has 0 saturated carbocycles. The van der Waals surface area contributed by atoms with Gasteiger partial charge in [-0.15, -0.1) is 0 Å². The monoisotopic (exact) mass is 215 g/mol. The number of nitrogens with one attached hydrogen (secondary N) is 1. The summed E-state index contributed by atoms with van der Waals surface area (Å²) in [5.74, 6) is -0.814. The fourth-order valence-corrected chi connectivity index (χ4v) is 1.30. The summed E-state index contributed by atoms with van der Waals surface area (Å²) in [6.45, 7) is 0. The van der Waals surface area contributed by atoms with E-state index in [1.54, 1.807) is 0 Å². The maximum atomic E-state index is 11.0. The molecule has 1 rings (SSSR count). The molecule has 1 atom stereocenters. The third kappa shape index (κ3) is 3.57. The first kappa shape index (κ1) is 11.5. The molecule has 0 spiro atoms. The average molecular weight is 215 g/mol. The van der Waals surface area contributed by atoms with Crippen LogP contribution in [0.3, 0.4) is 0 Å². The SMILES string of the molecule is COC(=O)CCCCC1NC(=O)OC1=O. The van der Waals surface area contributed by atoms with E-state index >= 15 is 0 Å². The second-order valence-corrected chi connectivity index (χ2v) is 3.23. The van der Waals surface area contributed by atoms with Crippen LogP contribution in [0.1, 0.15) is 25.7 Å². The van der Waals surface area contributed by atoms with Crippen LogP contribution in [-0.2, 0) is 19.1 Å². The Morgan fingerprint density at radius 1 is 1.47 bits per heavy atom. The normalized spacial score (nSPS) is 19.7. The number of carbonyl (C=O) groups is 3. The maximum absolute atomic E-state index is 11.0. The number of alkyl carbamates (subject to hydrolysis) is 1. The van der Waals surface area contributed by atoms with Crippen LogP contribution in [0.5, 0.6) is 0 Å². The second-order valence-electron chi connectivity index (χ2n) is 3.23. The summed E-state index contributed by atoms with van der Waals surface area (Å²) in [5, 5.41) is 2.38. The highest BCUT2D eigenvalue weighted by Crippen LogP contribution is 2.10. The Morgan fingerprint density at radius 2 is 2.20 bits per heavy atom. The molecule has 1 saturated heterocycles. The number of ether oxygens (including phenoxy) is 2. The van der Waals surface area contributed by atoms with Crippen molar-refractivity contribution in [1.82, 2.24) is 5.32 Å². The van der Waals surface area contributed by atoms with E-state index in [1.165, 1.54) is 7.11 Å². The molecular weight excluding hydrogens is 202 g/mol. The molecule has 1 amide bonds. The molecule has 6 nitrogen and oxygen atoms in total. The standard InChI is InChI=1S/C9H13NO5/c1-14-7(11)5-3-2-4-6-8(12)15-9(13)10-6/h6H,2-5H2,1H3,(H,10,13). The van der Waals surface area contributed by atoms with E-state index < -0.39 is 18.1 Å². The van der Waals surface area contributed by atoms with Crippen molar-refractivity contribution in [1.29, 1.82) is 0 Å². The molecule has 6 heteroatoms. The van der Waals surface area contributed by atoms with E-state index in [0.717, 1.165) is 0 Å². The zero-order valence-electron chi connectivity index (χ0n) is 8.45. The van der Waals surface area contributed by atoms with Gasteiger partial charge in [0, 0.05) is 6.42 Å². The van der Waals surface area contributed by atoms with Gasteiger partial charge in [0.2, 0.25) is 0 Å². The number of hydrogen-bond donors (Lipinski definition) is 1. The summed E-state index contributed by atoms with van der Waals surface area (Å²) in [6.07, 6.45) is 1.41. The largest absolute Gasteiger partial charge is 0.469 e. The minimum absolute atomic E-state index is 0.270. The predicted octanol–water partition coefficient (Wildman–Crippen LogP) is 0.355. The van der Waals surface area contributed by atoms with E-state index in [1.807, 2.05) is 0 Å². The predicted molar refractivity (Wildman–Crippen MR) is 48.9 cm³/mol. The van der Waals surface area contributed by atoms with Crippen molar-refractivity contribution in [3.63, 3.8) is 0 Å². The van der Waals surface area contributed by atoms with Gasteiger partial charge in [0.15, 0.2) is 0 Å². The Hall–Kier alpha value is -1.59. The molecule has 1 N–H and O–H groups in total. The molecule has 0 radical (unpaired) electrons. The van der Waals surface area contributed by atoms with Crippen LogP contribution in [0.15, 0.2) is 0 Å². The number of amides is 1. The second kappa shape index (κ2) is 5.33. The van der Waals surface area contributed by atoms with Crippen molar-refractivity contribution in [2.75, 3.05) is 7.11 Å². The summed E-state index contributed by atoms with van der Waals surface area (Å²) >= 11 is 0. The van der Waals surface area contributed by atoms with Gasteiger partial charge >= 0.3 is 18.0 Å². The number of unbranched alkanes of at least 4 members (excludes halogenated alkanes) is 1. The summed E-state index contributed by atoms with van der Waals surface area (Å²) in [4.78, 5) is 32.3. The smallest absolute Gasteiger partial charge is 0.415 e. The van der Waals surface area contributed by atoms with Gasteiger partial charge < -0.3 is 14.8 Å². The molecular formula is C9H13NO5. The Labute approximate surface area is 86.9 Å². The lowest BCUT2D eigenvalue weighted by Gasteiger charge is -2.04. The van der Waals surface area contributed by atoms with Crippen LogP contribution in [0.4, 0.5) is 4.79 Å². The summed E-state index contributed by atoms with van der Waals surface area (Å²) in [5.41, 5.74) is 0. The van der Waals surface area contributed by atoms with Gasteiger partial charge in [0.1, 0.15) is 6.04 Å². The first-order chi connectivity index (χ1) is 7.13. The van der Waals surface area contributed by atoms with Gasteiger partial charge in [0.25, 0.3) is 0 Å². The van der Waals surface area contributed by atoms with Crippen molar-refractivity contribution >= 4 is 18.0 Å². The summed E-state index contributed by atoms with van der Waals surface area (Å²) in [6, 6.07) is -0.560. The molecule has 0 aromatic carbocycles. The van der Waals surface area contributed by atoms with Crippen LogP contribution < -0.4 is 5.32 Å². The van der Waals surface area contributed by atoms with E-state index in [4.69, 9.17) is 0 Å². The zero-order valence-corrected chi connectivity index (χ0v) is 8.45. The van der Waals surface area contributed by atoms with Crippen LogP contribution in [0.25, 0.3) is 0 Å². The molecule has 84 valence electrons. The van der Waals surface area contributed by atoms with Crippen LogP contribution in [0.2, 0.25) is 0 Å². The third-order valence-corrected chi connectivity index (χ3v) is 2.12. The highest BCUT2D eigenvalue weighted by molar-refractivity contribution is 5.95. The van der Waals surface area contributed by atoms with Gasteiger partial charge in [-0.3, -0.25) is 4.79 Å². The fraction of sp³-hybridized carbons (Fsp3) is 0.667. The summed E-state index contributed by atoms with van der Waals surface area (Å²) in [7, 11) is 1.33. The molecule has 1 aliphatic heterocycles. The van der Waals surface area contributed by atoms with E-state index in [-0.39, 0.29) is 5.97 Å². The van der Waals surface area contributed by atoms with E-state index in [0.29, 0.717) is 25.7 Å². The van der Waals surface area contributed by atoms with E-state index in [2.05, 4.69) is 14.8 Å². The first-order valence-corrected chi connectivity index (χ1v) is 4.72. The number of methoxy groups -OCH3 is 1. The highest BCUT2D eigenvalue weighted by Gasteiger charge is 2.31.